The molecular weight excluding hydrogens is 394 g/mol. The lowest BCUT2D eigenvalue weighted by Crippen LogP contribution is -2.40. The highest BCUT2D eigenvalue weighted by Crippen LogP contribution is 2.34. The normalized spacial score (nSPS) is 15.6. The summed E-state index contributed by atoms with van der Waals surface area (Å²) in [7, 11) is 4.89. The Balaban J connectivity index is 1.89. The number of carbonyl (C=O) groups excluding carboxylic acids is 2. The first-order valence-corrected chi connectivity index (χ1v) is 10.3. The monoisotopic (exact) mass is 423 g/mol. The summed E-state index contributed by atoms with van der Waals surface area (Å²) >= 11 is 0. The lowest BCUT2D eigenvalue weighted by molar-refractivity contribution is -0.142. The van der Waals surface area contributed by atoms with Crippen LogP contribution < -0.4 is 9.47 Å². The van der Waals surface area contributed by atoms with Crippen molar-refractivity contribution in [3.05, 3.63) is 59.7 Å². The van der Waals surface area contributed by atoms with Crippen molar-refractivity contribution < 1.29 is 19.1 Å². The summed E-state index contributed by atoms with van der Waals surface area (Å²) in [4.78, 5) is 26.9. The molecule has 7 nitrogen and oxygen atoms in total. The maximum absolute atomic E-state index is 13.1. The van der Waals surface area contributed by atoms with Crippen LogP contribution in [0.3, 0.4) is 0 Å². The van der Waals surface area contributed by atoms with Crippen LogP contribution in [-0.2, 0) is 9.59 Å². The van der Waals surface area contributed by atoms with Crippen molar-refractivity contribution in [3.8, 4) is 11.5 Å². The number of carbonyl (C=O) groups is 2. The minimum atomic E-state index is -0.252. The second-order valence-electron chi connectivity index (χ2n) is 7.86. The van der Waals surface area contributed by atoms with Gasteiger partial charge in [0.25, 0.3) is 5.91 Å². The predicted molar refractivity (Wildman–Crippen MR) is 119 cm³/mol. The van der Waals surface area contributed by atoms with Crippen LogP contribution >= 0.6 is 0 Å². The van der Waals surface area contributed by atoms with Crippen molar-refractivity contribution in [3.63, 3.8) is 0 Å². The van der Waals surface area contributed by atoms with E-state index < -0.39 is 0 Å². The van der Waals surface area contributed by atoms with Crippen LogP contribution in [-0.4, -0.2) is 55.2 Å². The summed E-state index contributed by atoms with van der Waals surface area (Å²) in [5.74, 6) is 1.04. The van der Waals surface area contributed by atoms with Crippen molar-refractivity contribution >= 4 is 17.5 Å². The molecule has 1 aliphatic rings. The molecule has 1 aliphatic heterocycles. The summed E-state index contributed by atoms with van der Waals surface area (Å²) in [6.45, 7) is 3.61. The van der Waals surface area contributed by atoms with Crippen molar-refractivity contribution in [1.82, 2.24) is 9.91 Å². The second kappa shape index (κ2) is 9.64. The van der Waals surface area contributed by atoms with Crippen LogP contribution in [0.1, 0.15) is 37.4 Å². The molecule has 0 spiro atoms. The predicted octanol–water partition coefficient (Wildman–Crippen LogP) is 3.50. The number of rotatable bonds is 7. The summed E-state index contributed by atoms with van der Waals surface area (Å²) in [6, 6.07) is 15.0. The molecule has 0 fully saturated rings. The zero-order chi connectivity index (χ0) is 22.5. The van der Waals surface area contributed by atoms with Gasteiger partial charge in [-0.05, 0) is 47.5 Å². The molecule has 2 aromatic rings. The number of amides is 2. The second-order valence-corrected chi connectivity index (χ2v) is 7.86. The molecule has 0 saturated heterocycles. The van der Waals surface area contributed by atoms with E-state index in [-0.39, 0.29) is 30.3 Å². The van der Waals surface area contributed by atoms with E-state index in [9.17, 15) is 9.59 Å². The van der Waals surface area contributed by atoms with Gasteiger partial charge in [-0.25, -0.2) is 5.01 Å². The Bertz CT molecular complexity index is 952. The molecule has 2 aromatic carbocycles. The molecular formula is C24H29N3O4. The molecule has 0 aromatic heterocycles. The number of hydrazone groups is 1. The van der Waals surface area contributed by atoms with E-state index in [2.05, 4.69) is 5.10 Å². The van der Waals surface area contributed by atoms with E-state index >= 15 is 0 Å². The molecule has 1 unspecified atom stereocenters. The van der Waals surface area contributed by atoms with Gasteiger partial charge in [-0.15, -0.1) is 0 Å². The van der Waals surface area contributed by atoms with Crippen LogP contribution in [0.2, 0.25) is 0 Å². The average Bonchev–Trinajstić information content (AvgIpc) is 3.24. The zero-order valence-corrected chi connectivity index (χ0v) is 18.7. The van der Waals surface area contributed by atoms with Gasteiger partial charge >= 0.3 is 0 Å². The Morgan fingerprint density at radius 1 is 1.03 bits per heavy atom. The number of hydrogen-bond donors (Lipinski definition) is 0. The highest BCUT2D eigenvalue weighted by atomic mass is 16.5. The molecule has 3 rings (SSSR count). The number of methoxy groups -OCH3 is 2. The lowest BCUT2D eigenvalue weighted by Gasteiger charge is -2.25. The maximum atomic E-state index is 13.1. The van der Waals surface area contributed by atoms with Gasteiger partial charge in [-0.1, -0.05) is 26.0 Å². The van der Waals surface area contributed by atoms with Gasteiger partial charge in [0.15, 0.2) is 0 Å². The van der Waals surface area contributed by atoms with Crippen molar-refractivity contribution in [2.45, 2.75) is 26.3 Å². The fourth-order valence-corrected chi connectivity index (χ4v) is 3.58. The van der Waals surface area contributed by atoms with Gasteiger partial charge in [0, 0.05) is 19.4 Å². The number of benzene rings is 2. The molecule has 7 heteroatoms. The van der Waals surface area contributed by atoms with Crippen LogP contribution in [0.4, 0.5) is 0 Å². The minimum absolute atomic E-state index is 0.0247. The summed E-state index contributed by atoms with van der Waals surface area (Å²) < 4.78 is 10.5. The molecule has 0 radical (unpaired) electrons. The number of likely N-dealkylation sites (N-methyl/N-ethyl adjacent to an activating group) is 1. The summed E-state index contributed by atoms with van der Waals surface area (Å²) in [5, 5.41) is 6.17. The molecule has 31 heavy (non-hydrogen) atoms. The first kappa shape index (κ1) is 22.3. The molecule has 0 bridgehead atoms. The lowest BCUT2D eigenvalue weighted by atomic mass is 9.98. The Hall–Kier alpha value is -3.35. The van der Waals surface area contributed by atoms with E-state index in [0.29, 0.717) is 6.42 Å². The highest BCUT2D eigenvalue weighted by molar-refractivity contribution is 6.03. The van der Waals surface area contributed by atoms with Crippen molar-refractivity contribution in [1.29, 1.82) is 0 Å². The highest BCUT2D eigenvalue weighted by Gasteiger charge is 2.34. The van der Waals surface area contributed by atoms with Gasteiger partial charge in [-0.3, -0.25) is 9.59 Å². The Morgan fingerprint density at radius 3 is 2.10 bits per heavy atom. The maximum Gasteiger partial charge on any atom is 0.262 e. The molecule has 2 amide bonds. The topological polar surface area (TPSA) is 71.4 Å². The van der Waals surface area contributed by atoms with Gasteiger partial charge in [0.05, 0.1) is 26.0 Å². The number of ether oxygens (including phenoxy) is 2. The van der Waals surface area contributed by atoms with Crippen molar-refractivity contribution in [2.75, 3.05) is 27.8 Å². The standard InChI is InChI=1S/C24H29N3O4/c1-16(2)24(29)26(3)15-23(28)27-22(18-8-12-20(31-5)13-9-18)14-21(25-27)17-6-10-19(30-4)11-7-17/h6-13,16,22H,14-15H2,1-5H3. The third-order valence-electron chi connectivity index (χ3n) is 5.33. The van der Waals surface area contributed by atoms with E-state index in [1.54, 1.807) is 21.3 Å². The fourth-order valence-electron chi connectivity index (χ4n) is 3.58. The molecule has 0 aliphatic carbocycles. The van der Waals surface area contributed by atoms with E-state index in [1.807, 2.05) is 62.4 Å². The van der Waals surface area contributed by atoms with Gasteiger partial charge in [0.2, 0.25) is 5.91 Å². The van der Waals surface area contributed by atoms with Crippen LogP contribution in [0.15, 0.2) is 53.6 Å². The number of nitrogens with zero attached hydrogens (tertiary/aromatic N) is 3. The minimum Gasteiger partial charge on any atom is -0.497 e. The van der Waals surface area contributed by atoms with Crippen molar-refractivity contribution in [2.24, 2.45) is 11.0 Å². The third kappa shape index (κ3) is 5.05. The average molecular weight is 424 g/mol. The summed E-state index contributed by atoms with van der Waals surface area (Å²) in [6.07, 6.45) is 0.576. The van der Waals surface area contributed by atoms with Gasteiger partial charge < -0.3 is 14.4 Å². The van der Waals surface area contributed by atoms with E-state index in [0.717, 1.165) is 28.3 Å². The van der Waals surface area contributed by atoms with Gasteiger partial charge in [-0.2, -0.15) is 5.10 Å². The Morgan fingerprint density at radius 2 is 1.58 bits per heavy atom. The van der Waals surface area contributed by atoms with Gasteiger partial charge in [0.1, 0.15) is 18.0 Å². The Kier molecular flexibility index (Phi) is 6.95. The first-order chi connectivity index (χ1) is 14.8. The molecule has 0 saturated carbocycles. The molecule has 0 N–H and O–H groups in total. The van der Waals surface area contributed by atoms with E-state index in [4.69, 9.17) is 9.47 Å². The quantitative estimate of drug-likeness (QED) is 0.683. The third-order valence-corrected chi connectivity index (χ3v) is 5.33. The zero-order valence-electron chi connectivity index (χ0n) is 18.7. The summed E-state index contributed by atoms with van der Waals surface area (Å²) in [5.41, 5.74) is 2.70. The largest absolute Gasteiger partial charge is 0.497 e. The van der Waals surface area contributed by atoms with Crippen LogP contribution in [0, 0.1) is 5.92 Å². The first-order valence-electron chi connectivity index (χ1n) is 10.3. The van der Waals surface area contributed by atoms with Crippen LogP contribution in [0.5, 0.6) is 11.5 Å². The molecule has 1 heterocycles. The molecule has 1 atom stereocenters. The van der Waals surface area contributed by atoms with E-state index in [1.165, 1.54) is 9.91 Å². The van der Waals surface area contributed by atoms with Crippen LogP contribution in [0.25, 0.3) is 0 Å². The Labute approximate surface area is 183 Å². The SMILES string of the molecule is COc1ccc(C2=NN(C(=O)CN(C)C(=O)C(C)C)C(c3ccc(OC)cc3)C2)cc1. The number of hydrogen-bond acceptors (Lipinski definition) is 5. The smallest absolute Gasteiger partial charge is 0.262 e. The fraction of sp³-hybridized carbons (Fsp3) is 0.375. The molecule has 164 valence electrons.